The number of carbonyl (C=O) groups is 1. The van der Waals surface area contributed by atoms with Crippen LogP contribution >= 0.6 is 11.6 Å². The van der Waals surface area contributed by atoms with Crippen molar-refractivity contribution in [1.82, 2.24) is 14.3 Å². The fourth-order valence-electron chi connectivity index (χ4n) is 5.49. The fourth-order valence-corrected chi connectivity index (χ4v) is 5.65. The van der Waals surface area contributed by atoms with Crippen LogP contribution in [0, 0.1) is 5.92 Å². The third kappa shape index (κ3) is 7.05. The molecule has 0 aliphatic heterocycles. The van der Waals surface area contributed by atoms with Crippen LogP contribution in [0.4, 0.5) is 5.69 Å². The van der Waals surface area contributed by atoms with E-state index in [1.54, 1.807) is 24.4 Å². The zero-order valence-corrected chi connectivity index (χ0v) is 25.2. The minimum atomic E-state index is -0.492. The van der Waals surface area contributed by atoms with Gasteiger partial charge in [-0.1, -0.05) is 48.9 Å². The van der Waals surface area contributed by atoms with Crippen molar-refractivity contribution >= 4 is 34.1 Å². The summed E-state index contributed by atoms with van der Waals surface area (Å²) in [6, 6.07) is 17.5. The van der Waals surface area contributed by atoms with Crippen molar-refractivity contribution in [3.05, 3.63) is 88.5 Å². The molecule has 2 aromatic heterocycles. The van der Waals surface area contributed by atoms with Gasteiger partial charge in [-0.2, -0.15) is 5.10 Å². The van der Waals surface area contributed by atoms with Gasteiger partial charge >= 0.3 is 0 Å². The van der Waals surface area contributed by atoms with Gasteiger partial charge in [0.1, 0.15) is 16.9 Å². The number of hydrogen-bond acceptors (Lipinski definition) is 5. The number of anilines is 1. The molecule has 1 fully saturated rings. The second kappa shape index (κ2) is 13.6. The SMILES string of the molecule is CCC(Cl)n1cccc(NC(=O)c2cc3cn(C4CCC(COCc5ccccc5)CC4)nc3cc2OC(C)C)c1=O. The summed E-state index contributed by atoms with van der Waals surface area (Å²) in [5, 5.41) is 8.50. The molecule has 1 unspecified atom stereocenters. The van der Waals surface area contributed by atoms with Gasteiger partial charge in [-0.25, -0.2) is 0 Å². The van der Waals surface area contributed by atoms with Crippen LogP contribution in [0.5, 0.6) is 5.75 Å². The minimum Gasteiger partial charge on any atom is -0.490 e. The highest BCUT2D eigenvalue weighted by molar-refractivity contribution is 6.19. The Balaban J connectivity index is 1.29. The highest BCUT2D eigenvalue weighted by Crippen LogP contribution is 2.34. The lowest BCUT2D eigenvalue weighted by Gasteiger charge is -2.28. The molecule has 0 saturated heterocycles. The Morgan fingerprint density at radius 2 is 1.86 bits per heavy atom. The van der Waals surface area contributed by atoms with Gasteiger partial charge in [-0.15, -0.1) is 0 Å². The normalized spacial score (nSPS) is 17.8. The zero-order chi connectivity index (χ0) is 29.6. The molecule has 1 amide bonds. The highest BCUT2D eigenvalue weighted by Gasteiger charge is 2.25. The van der Waals surface area contributed by atoms with E-state index in [9.17, 15) is 9.59 Å². The topological polar surface area (TPSA) is 87.4 Å². The van der Waals surface area contributed by atoms with Crippen LogP contribution in [-0.4, -0.2) is 33.0 Å². The van der Waals surface area contributed by atoms with Gasteiger partial charge in [-0.3, -0.25) is 18.8 Å². The molecule has 0 radical (unpaired) electrons. The van der Waals surface area contributed by atoms with E-state index in [1.807, 2.05) is 55.9 Å². The number of pyridine rings is 1. The molecular weight excluding hydrogens is 552 g/mol. The Bertz CT molecular complexity index is 1560. The lowest BCUT2D eigenvalue weighted by atomic mass is 9.86. The summed E-state index contributed by atoms with van der Waals surface area (Å²) in [6.07, 6.45) is 8.28. The van der Waals surface area contributed by atoms with Crippen molar-refractivity contribution in [1.29, 1.82) is 0 Å². The summed E-state index contributed by atoms with van der Waals surface area (Å²) in [6.45, 7) is 7.14. The number of hydrogen-bond donors (Lipinski definition) is 1. The maximum atomic E-state index is 13.5. The summed E-state index contributed by atoms with van der Waals surface area (Å²) in [7, 11) is 0. The summed E-state index contributed by atoms with van der Waals surface area (Å²) < 4.78 is 15.5. The molecule has 4 aromatic rings. The Labute approximate surface area is 251 Å². The first-order valence-electron chi connectivity index (χ1n) is 14.8. The lowest BCUT2D eigenvalue weighted by molar-refractivity contribution is 0.0671. The van der Waals surface area contributed by atoms with E-state index in [2.05, 4.69) is 17.4 Å². The van der Waals surface area contributed by atoms with Crippen molar-refractivity contribution < 1.29 is 14.3 Å². The number of halogens is 1. The number of aromatic nitrogens is 3. The van der Waals surface area contributed by atoms with E-state index < -0.39 is 11.4 Å². The molecule has 222 valence electrons. The first-order valence-corrected chi connectivity index (χ1v) is 15.2. The zero-order valence-electron chi connectivity index (χ0n) is 24.5. The van der Waals surface area contributed by atoms with Gasteiger partial charge in [0.2, 0.25) is 0 Å². The van der Waals surface area contributed by atoms with Crippen LogP contribution in [0.25, 0.3) is 10.9 Å². The number of carbonyl (C=O) groups excluding carboxylic acids is 1. The monoisotopic (exact) mass is 590 g/mol. The van der Waals surface area contributed by atoms with Crippen LogP contribution in [0.1, 0.15) is 80.3 Å². The Hall–Kier alpha value is -3.62. The molecule has 0 bridgehead atoms. The van der Waals surface area contributed by atoms with E-state index in [1.165, 1.54) is 10.1 Å². The first-order chi connectivity index (χ1) is 20.3. The number of benzene rings is 2. The third-order valence-electron chi connectivity index (χ3n) is 7.75. The average Bonchev–Trinajstić information content (AvgIpc) is 3.41. The standard InChI is InChI=1S/C33H39ClN4O4/c1-4-31(34)37-16-8-11-28(33(37)40)35-32(39)27-17-25-19-38(36-29(25)18-30(27)42-22(2)3)26-14-12-24(13-15-26)21-41-20-23-9-6-5-7-10-23/h5-11,16-19,22,24,26,31H,4,12-15,20-21H2,1-3H3,(H,35,39). The number of ether oxygens (including phenoxy) is 2. The fraction of sp³-hybridized carbons (Fsp3) is 0.424. The molecule has 1 aliphatic carbocycles. The summed E-state index contributed by atoms with van der Waals surface area (Å²) in [5.74, 6) is 0.554. The Morgan fingerprint density at radius 1 is 1.10 bits per heavy atom. The maximum absolute atomic E-state index is 13.5. The quantitative estimate of drug-likeness (QED) is 0.185. The summed E-state index contributed by atoms with van der Waals surface area (Å²) in [5.41, 5.74) is 1.64. The number of fused-ring (bicyclic) bond motifs is 1. The van der Waals surface area contributed by atoms with E-state index in [0.29, 0.717) is 36.3 Å². The highest BCUT2D eigenvalue weighted by atomic mass is 35.5. The van der Waals surface area contributed by atoms with Gasteiger partial charge in [-0.05, 0) is 75.6 Å². The van der Waals surface area contributed by atoms with Crippen LogP contribution in [-0.2, 0) is 11.3 Å². The van der Waals surface area contributed by atoms with E-state index in [0.717, 1.165) is 43.2 Å². The van der Waals surface area contributed by atoms with Crippen molar-refractivity contribution in [2.24, 2.45) is 5.92 Å². The largest absolute Gasteiger partial charge is 0.490 e. The number of rotatable bonds is 11. The van der Waals surface area contributed by atoms with Gasteiger partial charge in [0.25, 0.3) is 11.5 Å². The predicted molar refractivity (Wildman–Crippen MR) is 166 cm³/mol. The molecule has 2 aromatic carbocycles. The minimum absolute atomic E-state index is 0.147. The van der Waals surface area contributed by atoms with E-state index in [4.69, 9.17) is 26.2 Å². The van der Waals surface area contributed by atoms with Crippen molar-refractivity contribution in [2.45, 2.75) is 77.1 Å². The van der Waals surface area contributed by atoms with Crippen molar-refractivity contribution in [2.75, 3.05) is 11.9 Å². The molecule has 1 saturated carbocycles. The molecule has 9 heteroatoms. The molecule has 8 nitrogen and oxygen atoms in total. The van der Waals surface area contributed by atoms with E-state index in [-0.39, 0.29) is 17.4 Å². The molecule has 42 heavy (non-hydrogen) atoms. The van der Waals surface area contributed by atoms with Crippen LogP contribution < -0.4 is 15.6 Å². The third-order valence-corrected chi connectivity index (χ3v) is 8.27. The molecule has 2 heterocycles. The van der Waals surface area contributed by atoms with Gasteiger partial charge in [0.05, 0.1) is 29.8 Å². The molecule has 5 rings (SSSR count). The molecule has 0 spiro atoms. The van der Waals surface area contributed by atoms with Crippen molar-refractivity contribution in [3.63, 3.8) is 0 Å². The Kier molecular flexibility index (Phi) is 9.65. The maximum Gasteiger partial charge on any atom is 0.275 e. The summed E-state index contributed by atoms with van der Waals surface area (Å²) in [4.78, 5) is 26.4. The molecular formula is C33H39ClN4O4. The van der Waals surface area contributed by atoms with Gasteiger partial charge in [0, 0.05) is 30.5 Å². The number of nitrogens with zero attached hydrogens (tertiary/aromatic N) is 3. The van der Waals surface area contributed by atoms with Gasteiger partial charge < -0.3 is 14.8 Å². The smallest absolute Gasteiger partial charge is 0.275 e. The second-order valence-electron chi connectivity index (χ2n) is 11.3. The van der Waals surface area contributed by atoms with Crippen molar-refractivity contribution in [3.8, 4) is 5.75 Å². The number of alkyl halides is 1. The van der Waals surface area contributed by atoms with Crippen LogP contribution in [0.2, 0.25) is 0 Å². The number of nitrogens with one attached hydrogen (secondary N) is 1. The number of amides is 1. The summed E-state index contributed by atoms with van der Waals surface area (Å²) >= 11 is 6.30. The molecule has 1 aliphatic rings. The first kappa shape index (κ1) is 29.9. The van der Waals surface area contributed by atoms with Gasteiger partial charge in [0.15, 0.2) is 0 Å². The molecule has 1 N–H and O–H groups in total. The lowest BCUT2D eigenvalue weighted by Crippen LogP contribution is -2.26. The van der Waals surface area contributed by atoms with Crippen LogP contribution in [0.15, 0.2) is 71.8 Å². The Morgan fingerprint density at radius 3 is 2.57 bits per heavy atom. The van der Waals surface area contributed by atoms with E-state index >= 15 is 0 Å². The molecule has 1 atom stereocenters. The predicted octanol–water partition coefficient (Wildman–Crippen LogP) is 7.33. The second-order valence-corrected chi connectivity index (χ2v) is 11.8. The average molecular weight is 591 g/mol. The van der Waals surface area contributed by atoms with Crippen LogP contribution in [0.3, 0.4) is 0 Å².